The molecule has 2 fully saturated rings. The van der Waals surface area contributed by atoms with Crippen LogP contribution in [0.4, 0.5) is 9.59 Å². The molecule has 0 aromatic carbocycles. The van der Waals surface area contributed by atoms with Crippen LogP contribution in [0, 0.1) is 11.8 Å². The van der Waals surface area contributed by atoms with Crippen LogP contribution >= 0.6 is 0 Å². The molecule has 29 heavy (non-hydrogen) atoms. The Hall–Kier alpha value is -2.52. The molecule has 0 aromatic heterocycles. The van der Waals surface area contributed by atoms with Crippen LogP contribution in [0.2, 0.25) is 0 Å². The van der Waals surface area contributed by atoms with E-state index in [2.05, 4.69) is 32.3 Å². The number of carbonyl (C=O) groups is 4. The number of hydrogen-bond acceptors (Lipinski definition) is 4. The highest BCUT2D eigenvalue weighted by molar-refractivity contribution is 5.80. The van der Waals surface area contributed by atoms with E-state index in [9.17, 15) is 19.2 Å². The van der Waals surface area contributed by atoms with Crippen molar-refractivity contribution in [1.82, 2.24) is 32.3 Å². The summed E-state index contributed by atoms with van der Waals surface area (Å²) in [6.45, 7) is 2.69. The quantitative estimate of drug-likeness (QED) is 0.387. The summed E-state index contributed by atoms with van der Waals surface area (Å²) in [4.78, 5) is 45.0. The summed E-state index contributed by atoms with van der Waals surface area (Å²) in [5.41, 5.74) is 9.22. The van der Waals surface area contributed by atoms with Crippen molar-refractivity contribution in [1.29, 1.82) is 0 Å². The molecular formula is C19H34N6O4. The highest BCUT2D eigenvalue weighted by Crippen LogP contribution is 2.35. The van der Waals surface area contributed by atoms with E-state index in [0.717, 1.165) is 51.4 Å². The van der Waals surface area contributed by atoms with Crippen LogP contribution in [-0.2, 0) is 9.59 Å². The van der Waals surface area contributed by atoms with E-state index in [-0.39, 0.29) is 36.0 Å². The summed E-state index contributed by atoms with van der Waals surface area (Å²) < 4.78 is 0. The lowest BCUT2D eigenvalue weighted by Crippen LogP contribution is -2.50. The molecule has 0 aromatic rings. The number of amides is 6. The van der Waals surface area contributed by atoms with E-state index in [1.165, 1.54) is 20.3 Å². The van der Waals surface area contributed by atoms with Crippen molar-refractivity contribution in [2.75, 3.05) is 0 Å². The van der Waals surface area contributed by atoms with Crippen LogP contribution in [0.5, 0.6) is 0 Å². The normalized spacial score (nSPS) is 26.6. The number of urea groups is 2. The highest BCUT2D eigenvalue weighted by atomic mass is 16.2. The molecule has 0 atom stereocenters. The van der Waals surface area contributed by atoms with Crippen molar-refractivity contribution in [3.63, 3.8) is 0 Å². The van der Waals surface area contributed by atoms with Gasteiger partial charge < -0.3 is 10.6 Å². The Bertz CT molecular complexity index is 533. The Kier molecular flexibility index (Phi) is 9.01. The molecule has 6 amide bonds. The molecule has 2 aliphatic carbocycles. The standard InChI is InChI=1S/C19H34N6O4/c1-12(26)22-24-18(28)20-16-7-3-14(4-8-16)11-15-5-9-17(10-6-15)21-19(29)25-23-13(2)27/h14-17H,3-11H2,1-2H3,(H,22,26)(H,23,27)(H2,20,24,28)(H2,21,25,29). The molecular weight excluding hydrogens is 376 g/mol. The summed E-state index contributed by atoms with van der Waals surface area (Å²) >= 11 is 0. The predicted molar refractivity (Wildman–Crippen MR) is 107 cm³/mol. The number of hydrazine groups is 2. The molecule has 10 heteroatoms. The molecule has 0 spiro atoms. The van der Waals surface area contributed by atoms with Gasteiger partial charge >= 0.3 is 12.1 Å². The predicted octanol–water partition coefficient (Wildman–Crippen LogP) is 1.19. The number of carbonyl (C=O) groups excluding carboxylic acids is 4. The molecule has 0 unspecified atom stereocenters. The molecule has 0 saturated heterocycles. The zero-order valence-electron chi connectivity index (χ0n) is 17.3. The molecule has 2 rings (SSSR count). The van der Waals surface area contributed by atoms with Gasteiger partial charge in [-0.15, -0.1) is 0 Å². The molecule has 6 N–H and O–H groups in total. The lowest BCUT2D eigenvalue weighted by Gasteiger charge is -2.34. The lowest BCUT2D eigenvalue weighted by molar-refractivity contribution is -0.120. The first kappa shape index (κ1) is 22.8. The van der Waals surface area contributed by atoms with Crippen molar-refractivity contribution in [3.8, 4) is 0 Å². The average molecular weight is 411 g/mol. The maximum atomic E-state index is 11.7. The van der Waals surface area contributed by atoms with E-state index in [1.807, 2.05) is 0 Å². The minimum atomic E-state index is -0.364. The summed E-state index contributed by atoms with van der Waals surface area (Å²) in [6.07, 6.45) is 9.43. The average Bonchev–Trinajstić information content (AvgIpc) is 2.68. The van der Waals surface area contributed by atoms with Crippen molar-refractivity contribution < 1.29 is 19.2 Å². The van der Waals surface area contributed by atoms with Gasteiger partial charge in [0.15, 0.2) is 0 Å². The molecule has 2 saturated carbocycles. The van der Waals surface area contributed by atoms with Gasteiger partial charge in [0.25, 0.3) is 0 Å². The first-order chi connectivity index (χ1) is 13.8. The van der Waals surface area contributed by atoms with Crippen LogP contribution < -0.4 is 32.3 Å². The van der Waals surface area contributed by atoms with Gasteiger partial charge in [-0.05, 0) is 69.6 Å². The zero-order chi connectivity index (χ0) is 21.2. The number of hydrogen-bond donors (Lipinski definition) is 6. The first-order valence-corrected chi connectivity index (χ1v) is 10.5. The molecule has 164 valence electrons. The van der Waals surface area contributed by atoms with Gasteiger partial charge in [-0.1, -0.05) is 0 Å². The summed E-state index contributed by atoms with van der Waals surface area (Å²) in [5, 5.41) is 5.81. The van der Waals surface area contributed by atoms with Gasteiger partial charge in [0.2, 0.25) is 11.8 Å². The second-order valence-corrected chi connectivity index (χ2v) is 8.23. The maximum absolute atomic E-state index is 11.7. The Balaban J connectivity index is 1.58. The third kappa shape index (κ3) is 9.01. The SMILES string of the molecule is CC(=O)NNC(=O)NC1CCC(CC2CCC(NC(=O)NNC(C)=O)CC2)CC1. The Morgan fingerprint density at radius 2 is 0.931 bits per heavy atom. The van der Waals surface area contributed by atoms with Gasteiger partial charge in [-0.25, -0.2) is 20.4 Å². The topological polar surface area (TPSA) is 140 Å². The van der Waals surface area contributed by atoms with Crippen molar-refractivity contribution in [3.05, 3.63) is 0 Å². The number of nitrogens with one attached hydrogen (secondary N) is 6. The summed E-state index contributed by atoms with van der Waals surface area (Å²) in [6, 6.07) is -0.418. The monoisotopic (exact) mass is 410 g/mol. The van der Waals surface area contributed by atoms with Crippen LogP contribution in [0.15, 0.2) is 0 Å². The third-order valence-electron chi connectivity index (χ3n) is 5.73. The van der Waals surface area contributed by atoms with Gasteiger partial charge in [0, 0.05) is 25.9 Å². The lowest BCUT2D eigenvalue weighted by atomic mass is 9.76. The molecule has 2 aliphatic rings. The van der Waals surface area contributed by atoms with Gasteiger partial charge in [-0.3, -0.25) is 20.4 Å². The van der Waals surface area contributed by atoms with Crippen LogP contribution in [0.3, 0.4) is 0 Å². The van der Waals surface area contributed by atoms with Crippen LogP contribution in [-0.4, -0.2) is 36.0 Å². The van der Waals surface area contributed by atoms with Gasteiger partial charge in [-0.2, -0.15) is 0 Å². The Labute approximate surface area is 171 Å². The second kappa shape index (κ2) is 11.5. The van der Waals surface area contributed by atoms with Crippen molar-refractivity contribution >= 4 is 23.9 Å². The summed E-state index contributed by atoms with van der Waals surface area (Å²) in [5.74, 6) is 0.761. The van der Waals surface area contributed by atoms with Crippen molar-refractivity contribution in [2.45, 2.75) is 83.7 Å². The molecule has 0 bridgehead atoms. The van der Waals surface area contributed by atoms with E-state index < -0.39 is 0 Å². The smallest absolute Gasteiger partial charge is 0.333 e. The minimum Gasteiger partial charge on any atom is -0.334 e. The molecule has 0 aliphatic heterocycles. The van der Waals surface area contributed by atoms with E-state index in [4.69, 9.17) is 0 Å². The first-order valence-electron chi connectivity index (χ1n) is 10.5. The molecule has 0 heterocycles. The summed E-state index contributed by atoms with van der Waals surface area (Å²) in [7, 11) is 0. The maximum Gasteiger partial charge on any atom is 0.333 e. The zero-order valence-corrected chi connectivity index (χ0v) is 17.3. The van der Waals surface area contributed by atoms with E-state index in [0.29, 0.717) is 11.8 Å². The van der Waals surface area contributed by atoms with Crippen LogP contribution in [0.25, 0.3) is 0 Å². The largest absolute Gasteiger partial charge is 0.334 e. The highest BCUT2D eigenvalue weighted by Gasteiger charge is 2.28. The fraction of sp³-hybridized carbons (Fsp3) is 0.789. The minimum absolute atomic E-state index is 0.155. The second-order valence-electron chi connectivity index (χ2n) is 8.23. The Morgan fingerprint density at radius 3 is 1.24 bits per heavy atom. The van der Waals surface area contributed by atoms with Gasteiger partial charge in [0.1, 0.15) is 0 Å². The number of rotatable bonds is 4. The fourth-order valence-electron chi connectivity index (χ4n) is 4.29. The van der Waals surface area contributed by atoms with Crippen LogP contribution in [0.1, 0.15) is 71.6 Å². The van der Waals surface area contributed by atoms with Crippen molar-refractivity contribution in [2.24, 2.45) is 11.8 Å². The fourth-order valence-corrected chi connectivity index (χ4v) is 4.29. The third-order valence-corrected chi connectivity index (χ3v) is 5.73. The van der Waals surface area contributed by atoms with E-state index >= 15 is 0 Å². The Morgan fingerprint density at radius 1 is 0.586 bits per heavy atom. The van der Waals surface area contributed by atoms with Gasteiger partial charge in [0.05, 0.1) is 0 Å². The van der Waals surface area contributed by atoms with E-state index in [1.54, 1.807) is 0 Å². The molecule has 10 nitrogen and oxygen atoms in total. The molecule has 0 radical (unpaired) electrons.